The maximum atomic E-state index is 4.52. The van der Waals surface area contributed by atoms with Crippen LogP contribution in [0.5, 0.6) is 0 Å². The number of aromatic nitrogens is 2. The van der Waals surface area contributed by atoms with E-state index < -0.39 is 0 Å². The number of hydrogen-bond donors (Lipinski definition) is 0. The molecule has 17 heavy (non-hydrogen) atoms. The van der Waals surface area contributed by atoms with Crippen molar-refractivity contribution >= 4 is 21.9 Å². The van der Waals surface area contributed by atoms with Gasteiger partial charge in [-0.2, -0.15) is 0 Å². The molecule has 1 aromatic carbocycles. The number of hydrogen-bond acceptors (Lipinski definition) is 1. The second-order valence-electron chi connectivity index (χ2n) is 4.89. The van der Waals surface area contributed by atoms with Crippen LogP contribution in [0.2, 0.25) is 0 Å². The topological polar surface area (TPSA) is 17.8 Å². The molecule has 0 saturated heterocycles. The van der Waals surface area contributed by atoms with Gasteiger partial charge in [-0.15, -0.1) is 0 Å². The van der Waals surface area contributed by atoms with Gasteiger partial charge in [0.25, 0.3) is 0 Å². The van der Waals surface area contributed by atoms with E-state index in [1.807, 2.05) is 12.3 Å². The first kappa shape index (κ1) is 10.3. The van der Waals surface area contributed by atoms with Crippen molar-refractivity contribution in [1.82, 2.24) is 9.55 Å². The molecule has 2 heterocycles. The fraction of sp³-hybridized carbons (Fsp3) is 0.267. The highest BCUT2D eigenvalue weighted by molar-refractivity contribution is 6.05. The molecule has 86 valence electrons. The maximum Gasteiger partial charge on any atom is 0.0959 e. The average Bonchev–Trinajstić information content (AvgIpc) is 2.65. The summed E-state index contributed by atoms with van der Waals surface area (Å²) >= 11 is 0. The molecule has 0 fully saturated rings. The van der Waals surface area contributed by atoms with Gasteiger partial charge in [-0.3, -0.25) is 4.98 Å². The lowest BCUT2D eigenvalue weighted by atomic mass is 10.2. The Kier molecular flexibility index (Phi) is 2.36. The predicted molar refractivity (Wildman–Crippen MR) is 72.1 cm³/mol. The van der Waals surface area contributed by atoms with Crippen LogP contribution in [0.1, 0.15) is 13.8 Å². The molecular formula is C15H16N2. The first-order chi connectivity index (χ1) is 8.27. The highest BCUT2D eigenvalue weighted by Crippen LogP contribution is 2.27. The molecule has 0 bridgehead atoms. The van der Waals surface area contributed by atoms with Crippen molar-refractivity contribution in [3.05, 3.63) is 42.6 Å². The molecule has 0 radical (unpaired) electrons. The van der Waals surface area contributed by atoms with E-state index in [-0.39, 0.29) is 0 Å². The van der Waals surface area contributed by atoms with E-state index in [1.165, 1.54) is 16.4 Å². The predicted octanol–water partition coefficient (Wildman–Crippen LogP) is 3.85. The van der Waals surface area contributed by atoms with Gasteiger partial charge in [0.1, 0.15) is 0 Å². The molecule has 3 rings (SSSR count). The number of para-hydroxylation sites is 1. The summed E-state index contributed by atoms with van der Waals surface area (Å²) in [6.45, 7) is 5.53. The summed E-state index contributed by atoms with van der Waals surface area (Å²) in [6.07, 6.45) is 1.87. The van der Waals surface area contributed by atoms with Gasteiger partial charge in [-0.05, 0) is 24.1 Å². The minimum Gasteiger partial charge on any atom is -0.339 e. The summed E-state index contributed by atoms with van der Waals surface area (Å²) < 4.78 is 2.38. The molecule has 0 atom stereocenters. The molecule has 2 aromatic heterocycles. The van der Waals surface area contributed by atoms with Crippen molar-refractivity contribution < 1.29 is 0 Å². The minimum atomic E-state index is 0.634. The van der Waals surface area contributed by atoms with Gasteiger partial charge in [0, 0.05) is 18.1 Å². The van der Waals surface area contributed by atoms with Crippen molar-refractivity contribution in [2.75, 3.05) is 0 Å². The van der Waals surface area contributed by atoms with Crippen molar-refractivity contribution in [1.29, 1.82) is 0 Å². The molecule has 0 spiro atoms. The first-order valence-corrected chi connectivity index (χ1v) is 6.09. The first-order valence-electron chi connectivity index (χ1n) is 6.09. The van der Waals surface area contributed by atoms with Gasteiger partial charge < -0.3 is 4.57 Å². The highest BCUT2D eigenvalue weighted by Gasteiger charge is 2.10. The van der Waals surface area contributed by atoms with Gasteiger partial charge in [0.15, 0.2) is 0 Å². The Labute approximate surface area is 101 Å². The van der Waals surface area contributed by atoms with Gasteiger partial charge in [-0.25, -0.2) is 0 Å². The SMILES string of the molecule is CC(C)Cn1c2ccccc2c2ncccc21. The van der Waals surface area contributed by atoms with Crippen molar-refractivity contribution in [3.8, 4) is 0 Å². The van der Waals surface area contributed by atoms with Crippen LogP contribution in [-0.4, -0.2) is 9.55 Å². The van der Waals surface area contributed by atoms with Crippen LogP contribution in [0.4, 0.5) is 0 Å². The molecule has 0 aliphatic heterocycles. The quantitative estimate of drug-likeness (QED) is 0.646. The Bertz CT molecular complexity index is 612. The smallest absolute Gasteiger partial charge is 0.0959 e. The molecule has 3 aromatic rings. The highest BCUT2D eigenvalue weighted by atomic mass is 15.0. The zero-order valence-electron chi connectivity index (χ0n) is 10.2. The second-order valence-corrected chi connectivity index (χ2v) is 4.89. The van der Waals surface area contributed by atoms with Crippen LogP contribution >= 0.6 is 0 Å². The third-order valence-corrected chi connectivity index (χ3v) is 3.07. The van der Waals surface area contributed by atoms with Crippen molar-refractivity contribution in [2.45, 2.75) is 20.4 Å². The van der Waals surface area contributed by atoms with Gasteiger partial charge in [0.05, 0.1) is 16.6 Å². The van der Waals surface area contributed by atoms with Crippen LogP contribution < -0.4 is 0 Å². The summed E-state index contributed by atoms with van der Waals surface area (Å²) in [4.78, 5) is 4.52. The summed E-state index contributed by atoms with van der Waals surface area (Å²) in [5.41, 5.74) is 3.64. The van der Waals surface area contributed by atoms with E-state index in [1.54, 1.807) is 0 Å². The number of benzene rings is 1. The average molecular weight is 224 g/mol. The molecule has 0 aliphatic rings. The van der Waals surface area contributed by atoms with Crippen molar-refractivity contribution in [2.24, 2.45) is 5.92 Å². The van der Waals surface area contributed by atoms with Gasteiger partial charge in [0.2, 0.25) is 0 Å². The van der Waals surface area contributed by atoms with Crippen LogP contribution in [0.3, 0.4) is 0 Å². The zero-order chi connectivity index (χ0) is 11.8. The maximum absolute atomic E-state index is 4.52. The Morgan fingerprint density at radius 3 is 2.65 bits per heavy atom. The molecule has 0 unspecified atom stereocenters. The van der Waals surface area contributed by atoms with E-state index in [9.17, 15) is 0 Å². The fourth-order valence-electron chi connectivity index (χ4n) is 2.42. The molecule has 0 saturated carbocycles. The zero-order valence-corrected chi connectivity index (χ0v) is 10.2. The normalized spacial score (nSPS) is 11.7. The molecule has 0 N–H and O–H groups in total. The molecule has 2 heteroatoms. The van der Waals surface area contributed by atoms with E-state index in [0.29, 0.717) is 5.92 Å². The number of pyridine rings is 1. The Hall–Kier alpha value is -1.83. The summed E-state index contributed by atoms with van der Waals surface area (Å²) in [5.74, 6) is 0.634. The minimum absolute atomic E-state index is 0.634. The lowest BCUT2D eigenvalue weighted by Crippen LogP contribution is -2.03. The van der Waals surface area contributed by atoms with Gasteiger partial charge in [-0.1, -0.05) is 32.0 Å². The second kappa shape index (κ2) is 3.88. The third-order valence-electron chi connectivity index (χ3n) is 3.07. The van der Waals surface area contributed by atoms with E-state index in [4.69, 9.17) is 0 Å². The summed E-state index contributed by atoms with van der Waals surface area (Å²) in [7, 11) is 0. The van der Waals surface area contributed by atoms with E-state index in [0.717, 1.165) is 12.1 Å². The van der Waals surface area contributed by atoms with Crippen molar-refractivity contribution in [3.63, 3.8) is 0 Å². The summed E-state index contributed by atoms with van der Waals surface area (Å²) in [6, 6.07) is 12.7. The van der Waals surface area contributed by atoms with E-state index in [2.05, 4.69) is 53.7 Å². The standard InChI is InChI=1S/C15H16N2/c1-11(2)10-17-13-7-4-3-6-12(13)15-14(17)8-5-9-16-15/h3-9,11H,10H2,1-2H3. The molecule has 2 nitrogen and oxygen atoms in total. The van der Waals surface area contributed by atoms with Crippen LogP contribution in [0.25, 0.3) is 21.9 Å². The third kappa shape index (κ3) is 1.60. The molecule has 0 aliphatic carbocycles. The molecule has 0 amide bonds. The number of rotatable bonds is 2. The summed E-state index contributed by atoms with van der Waals surface area (Å²) in [5, 5.41) is 1.25. The Morgan fingerprint density at radius 1 is 1.06 bits per heavy atom. The lowest BCUT2D eigenvalue weighted by Gasteiger charge is -2.09. The van der Waals surface area contributed by atoms with Crippen LogP contribution in [0, 0.1) is 5.92 Å². The van der Waals surface area contributed by atoms with Gasteiger partial charge >= 0.3 is 0 Å². The molecular weight excluding hydrogens is 208 g/mol. The Balaban J connectivity index is 2.41. The monoisotopic (exact) mass is 224 g/mol. The number of nitrogens with zero attached hydrogens (tertiary/aromatic N) is 2. The number of fused-ring (bicyclic) bond motifs is 3. The Morgan fingerprint density at radius 2 is 1.82 bits per heavy atom. The largest absolute Gasteiger partial charge is 0.339 e. The van der Waals surface area contributed by atoms with E-state index >= 15 is 0 Å². The van der Waals surface area contributed by atoms with Crippen LogP contribution in [-0.2, 0) is 6.54 Å². The van der Waals surface area contributed by atoms with Crippen LogP contribution in [0.15, 0.2) is 42.6 Å². The lowest BCUT2D eigenvalue weighted by molar-refractivity contribution is 0.545. The fourth-order valence-corrected chi connectivity index (χ4v) is 2.42.